The lowest BCUT2D eigenvalue weighted by Gasteiger charge is -2.21. The lowest BCUT2D eigenvalue weighted by Crippen LogP contribution is -2.33. The summed E-state index contributed by atoms with van der Waals surface area (Å²) in [5.41, 5.74) is 0. The highest BCUT2D eigenvalue weighted by atomic mass is 16.5. The molecule has 0 aromatic carbocycles. The van der Waals surface area contributed by atoms with Crippen LogP contribution >= 0.6 is 0 Å². The summed E-state index contributed by atoms with van der Waals surface area (Å²) in [6, 6.07) is 0. The van der Waals surface area contributed by atoms with E-state index in [0.29, 0.717) is 65.5 Å². The van der Waals surface area contributed by atoms with Gasteiger partial charge in [0.25, 0.3) is 0 Å². The van der Waals surface area contributed by atoms with E-state index in [4.69, 9.17) is 18.9 Å². The zero-order valence-electron chi connectivity index (χ0n) is 15.4. The van der Waals surface area contributed by atoms with Gasteiger partial charge in [-0.3, -0.25) is 14.5 Å². The largest absolute Gasteiger partial charge is 0.466 e. The fraction of sp³-hybridized carbons (Fsp3) is 0.882. The Morgan fingerprint density at radius 2 is 1.29 bits per heavy atom. The molecule has 0 atom stereocenters. The topological polar surface area (TPSA) is 74.3 Å². The van der Waals surface area contributed by atoms with Gasteiger partial charge in [0.15, 0.2) is 0 Å². The van der Waals surface area contributed by atoms with Gasteiger partial charge in [-0.1, -0.05) is 13.8 Å². The number of hydrogen-bond donors (Lipinski definition) is 0. The van der Waals surface area contributed by atoms with E-state index in [1.54, 1.807) is 7.11 Å². The maximum Gasteiger partial charge on any atom is 0.307 e. The van der Waals surface area contributed by atoms with Gasteiger partial charge < -0.3 is 18.9 Å². The van der Waals surface area contributed by atoms with Crippen LogP contribution in [0.1, 0.15) is 39.5 Å². The monoisotopic (exact) mass is 347 g/mol. The Bertz CT molecular complexity index is 300. The highest BCUT2D eigenvalue weighted by Gasteiger charge is 2.12. The summed E-state index contributed by atoms with van der Waals surface area (Å²) in [5.74, 6) is -0.425. The average molecular weight is 347 g/mol. The number of hydrogen-bond acceptors (Lipinski definition) is 7. The molecule has 0 saturated heterocycles. The summed E-state index contributed by atoms with van der Waals surface area (Å²) in [4.78, 5) is 25.2. The van der Waals surface area contributed by atoms with Crippen molar-refractivity contribution in [3.8, 4) is 0 Å². The molecule has 24 heavy (non-hydrogen) atoms. The molecule has 0 rings (SSSR count). The summed E-state index contributed by atoms with van der Waals surface area (Å²) in [5, 5.41) is 0. The average Bonchev–Trinajstić information content (AvgIpc) is 2.59. The van der Waals surface area contributed by atoms with E-state index < -0.39 is 0 Å². The molecule has 142 valence electrons. The van der Waals surface area contributed by atoms with Crippen LogP contribution in [0.5, 0.6) is 0 Å². The van der Waals surface area contributed by atoms with Crippen molar-refractivity contribution < 1.29 is 28.5 Å². The quantitative estimate of drug-likeness (QED) is 0.310. The van der Waals surface area contributed by atoms with Gasteiger partial charge in [0.2, 0.25) is 0 Å². The number of rotatable bonds is 16. The minimum Gasteiger partial charge on any atom is -0.466 e. The molecule has 0 amide bonds. The third-order valence-corrected chi connectivity index (χ3v) is 3.18. The van der Waals surface area contributed by atoms with Crippen molar-refractivity contribution in [2.45, 2.75) is 39.5 Å². The maximum absolute atomic E-state index is 11.6. The van der Waals surface area contributed by atoms with Gasteiger partial charge in [0, 0.05) is 26.7 Å². The summed E-state index contributed by atoms with van der Waals surface area (Å²) < 4.78 is 20.5. The van der Waals surface area contributed by atoms with Crippen molar-refractivity contribution in [3.05, 3.63) is 0 Å². The first-order valence-electron chi connectivity index (χ1n) is 8.74. The van der Waals surface area contributed by atoms with Crippen molar-refractivity contribution >= 4 is 11.9 Å². The minimum atomic E-state index is -0.212. The first-order chi connectivity index (χ1) is 11.6. The Morgan fingerprint density at radius 1 is 0.750 bits per heavy atom. The first-order valence-corrected chi connectivity index (χ1v) is 8.74. The molecule has 0 aliphatic carbocycles. The Morgan fingerprint density at radius 3 is 1.75 bits per heavy atom. The Hall–Kier alpha value is -1.18. The SMILES string of the molecule is CCCOC(=O)CCN(CCOCCOC)CCC(=O)OCCC. The van der Waals surface area contributed by atoms with Crippen molar-refractivity contribution in [1.29, 1.82) is 0 Å². The standard InChI is InChI=1S/C17H33NO6/c1-4-11-23-16(19)6-8-18(10-13-22-15-14-21-3)9-7-17(20)24-12-5-2/h4-15H2,1-3H3. The third kappa shape index (κ3) is 14.4. The van der Waals surface area contributed by atoms with Gasteiger partial charge in [-0.05, 0) is 12.8 Å². The molecule has 0 fully saturated rings. The highest BCUT2D eigenvalue weighted by molar-refractivity contribution is 5.70. The second-order valence-corrected chi connectivity index (χ2v) is 5.39. The van der Waals surface area contributed by atoms with Gasteiger partial charge in [-0.15, -0.1) is 0 Å². The number of methoxy groups -OCH3 is 1. The number of carbonyl (C=O) groups excluding carboxylic acids is 2. The highest BCUT2D eigenvalue weighted by Crippen LogP contribution is 1.99. The van der Waals surface area contributed by atoms with Crippen LogP contribution in [0.3, 0.4) is 0 Å². The van der Waals surface area contributed by atoms with Crippen LogP contribution in [-0.2, 0) is 28.5 Å². The van der Waals surface area contributed by atoms with Crippen LogP contribution in [-0.4, -0.2) is 76.6 Å². The second-order valence-electron chi connectivity index (χ2n) is 5.39. The molecule has 0 spiro atoms. The predicted octanol–water partition coefficient (Wildman–Crippen LogP) is 1.64. The van der Waals surface area contributed by atoms with Gasteiger partial charge in [0.1, 0.15) is 0 Å². The van der Waals surface area contributed by atoms with E-state index in [1.165, 1.54) is 0 Å². The minimum absolute atomic E-state index is 0.212. The molecule has 0 saturated carbocycles. The van der Waals surface area contributed by atoms with E-state index in [0.717, 1.165) is 12.8 Å². The van der Waals surface area contributed by atoms with Crippen LogP contribution in [0.15, 0.2) is 0 Å². The molecule has 7 nitrogen and oxygen atoms in total. The summed E-state index contributed by atoms with van der Waals surface area (Å²) in [7, 11) is 1.62. The van der Waals surface area contributed by atoms with Gasteiger partial charge in [-0.25, -0.2) is 0 Å². The fourth-order valence-electron chi connectivity index (χ4n) is 1.85. The molecule has 0 N–H and O–H groups in total. The molecule has 0 heterocycles. The molecular formula is C17H33NO6. The predicted molar refractivity (Wildman–Crippen MR) is 90.9 cm³/mol. The summed E-state index contributed by atoms with van der Waals surface area (Å²) in [6.45, 7) is 8.13. The van der Waals surface area contributed by atoms with Crippen LogP contribution in [0.25, 0.3) is 0 Å². The molecule has 0 aliphatic heterocycles. The lowest BCUT2D eigenvalue weighted by atomic mass is 10.3. The van der Waals surface area contributed by atoms with E-state index in [9.17, 15) is 9.59 Å². The van der Waals surface area contributed by atoms with E-state index in [-0.39, 0.29) is 11.9 Å². The summed E-state index contributed by atoms with van der Waals surface area (Å²) >= 11 is 0. The summed E-state index contributed by atoms with van der Waals surface area (Å²) in [6.07, 6.45) is 2.24. The van der Waals surface area contributed by atoms with Gasteiger partial charge >= 0.3 is 11.9 Å². The molecule has 7 heteroatoms. The number of carbonyl (C=O) groups is 2. The van der Waals surface area contributed by atoms with Crippen molar-refractivity contribution in [2.75, 3.05) is 59.8 Å². The molecule has 0 aromatic rings. The third-order valence-electron chi connectivity index (χ3n) is 3.18. The number of nitrogens with zero attached hydrogens (tertiary/aromatic N) is 1. The van der Waals surface area contributed by atoms with E-state index in [1.807, 2.05) is 18.7 Å². The molecular weight excluding hydrogens is 314 g/mol. The smallest absolute Gasteiger partial charge is 0.307 e. The number of ether oxygens (including phenoxy) is 4. The molecule has 0 radical (unpaired) electrons. The first kappa shape index (κ1) is 22.8. The van der Waals surface area contributed by atoms with E-state index in [2.05, 4.69) is 0 Å². The zero-order chi connectivity index (χ0) is 18.0. The Kier molecular flexibility index (Phi) is 15.9. The van der Waals surface area contributed by atoms with Crippen LogP contribution < -0.4 is 0 Å². The molecule has 0 unspecified atom stereocenters. The van der Waals surface area contributed by atoms with Gasteiger partial charge in [-0.2, -0.15) is 0 Å². The van der Waals surface area contributed by atoms with E-state index >= 15 is 0 Å². The Labute approximate surface area is 145 Å². The fourth-order valence-corrected chi connectivity index (χ4v) is 1.85. The molecule has 0 aliphatic rings. The Balaban J connectivity index is 4.12. The van der Waals surface area contributed by atoms with Crippen LogP contribution in [0, 0.1) is 0 Å². The molecule has 0 bridgehead atoms. The van der Waals surface area contributed by atoms with Crippen molar-refractivity contribution in [2.24, 2.45) is 0 Å². The van der Waals surface area contributed by atoms with Crippen molar-refractivity contribution in [3.63, 3.8) is 0 Å². The number of esters is 2. The molecule has 0 aromatic heterocycles. The van der Waals surface area contributed by atoms with Crippen molar-refractivity contribution in [1.82, 2.24) is 4.90 Å². The lowest BCUT2D eigenvalue weighted by molar-refractivity contribution is -0.144. The zero-order valence-corrected chi connectivity index (χ0v) is 15.4. The normalized spacial score (nSPS) is 10.8. The van der Waals surface area contributed by atoms with Crippen LogP contribution in [0.2, 0.25) is 0 Å². The van der Waals surface area contributed by atoms with Gasteiger partial charge in [0.05, 0.1) is 45.9 Å². The van der Waals surface area contributed by atoms with Crippen LogP contribution in [0.4, 0.5) is 0 Å². The second kappa shape index (κ2) is 16.7. The maximum atomic E-state index is 11.6.